The van der Waals surface area contributed by atoms with Gasteiger partial charge in [0.2, 0.25) is 11.8 Å². The molecule has 1 unspecified atom stereocenters. The fraction of sp³-hybridized carbons (Fsp3) is 0.414. The van der Waals surface area contributed by atoms with Gasteiger partial charge >= 0.3 is 13.3 Å². The molecule has 3 amide bonds. The average molecular weight is 656 g/mol. The van der Waals surface area contributed by atoms with Gasteiger partial charge in [0.05, 0.1) is 4.88 Å². The van der Waals surface area contributed by atoms with E-state index in [9.17, 15) is 27.7 Å². The molecule has 3 aromatic rings. The van der Waals surface area contributed by atoms with Crippen LogP contribution < -0.4 is 5.32 Å². The van der Waals surface area contributed by atoms with Crippen molar-refractivity contribution in [3.05, 3.63) is 69.6 Å². The quantitative estimate of drug-likeness (QED) is 0.272. The molecule has 1 aliphatic heterocycles. The second kappa shape index (κ2) is 12.2. The lowest BCUT2D eigenvalue weighted by molar-refractivity contribution is -0.145. The fourth-order valence-electron chi connectivity index (χ4n) is 5.01. The Bertz CT molecular complexity index is 1590. The largest absolute Gasteiger partial charge is 0.399 e. The van der Waals surface area contributed by atoms with Gasteiger partial charge in [-0.25, -0.2) is 0 Å². The number of likely N-dealkylation sites (N-methyl/N-ethyl adjacent to an activating group) is 1. The van der Waals surface area contributed by atoms with E-state index in [4.69, 9.17) is 21.4 Å². The first kappa shape index (κ1) is 33.0. The number of likely N-dealkylation sites (tertiary alicyclic amines) is 1. The van der Waals surface area contributed by atoms with E-state index < -0.39 is 48.1 Å². The van der Waals surface area contributed by atoms with Crippen LogP contribution in [-0.2, 0) is 26.4 Å². The molecule has 0 radical (unpaired) electrons. The van der Waals surface area contributed by atoms with E-state index >= 15 is 0 Å². The van der Waals surface area contributed by atoms with Crippen LogP contribution in [-0.4, -0.2) is 63.0 Å². The van der Waals surface area contributed by atoms with E-state index in [0.29, 0.717) is 35.7 Å². The molecule has 232 valence electrons. The van der Waals surface area contributed by atoms with Crippen molar-refractivity contribution in [2.24, 2.45) is 5.41 Å². The molecular weight excluding hydrogens is 623 g/mol. The lowest BCUT2D eigenvalue weighted by Crippen LogP contribution is -2.57. The molecule has 1 saturated heterocycles. The molecule has 0 aliphatic carbocycles. The second-order valence-corrected chi connectivity index (χ2v) is 14.9. The zero-order valence-electron chi connectivity index (χ0n) is 24.0. The van der Waals surface area contributed by atoms with Gasteiger partial charge in [-0.15, -0.1) is 11.3 Å². The number of carbonyl (C=O) groups excluding carboxylic acids is 3. The Balaban J connectivity index is 1.52. The number of thiophene rings is 1. The van der Waals surface area contributed by atoms with Crippen molar-refractivity contribution >= 4 is 58.3 Å². The van der Waals surface area contributed by atoms with Crippen LogP contribution in [0, 0.1) is 5.41 Å². The molecule has 0 spiro atoms. The predicted octanol–water partition coefficient (Wildman–Crippen LogP) is 5.58. The minimum absolute atomic E-state index is 0.130. The summed E-state index contributed by atoms with van der Waals surface area (Å²) < 4.78 is 40.2. The van der Waals surface area contributed by atoms with Crippen molar-refractivity contribution in [3.63, 3.8) is 0 Å². The maximum absolute atomic E-state index is 14.2. The minimum atomic E-state index is -5.76. The van der Waals surface area contributed by atoms with Crippen LogP contribution in [0.25, 0.3) is 10.1 Å². The highest BCUT2D eigenvalue weighted by atomic mass is 35.5. The second-order valence-electron chi connectivity index (χ2n) is 11.7. The first-order chi connectivity index (χ1) is 19.9. The van der Waals surface area contributed by atoms with Crippen LogP contribution >= 0.6 is 30.5 Å². The van der Waals surface area contributed by atoms with E-state index in [1.165, 1.54) is 17.0 Å². The van der Waals surface area contributed by atoms with Crippen molar-refractivity contribution in [2.45, 2.75) is 57.9 Å². The maximum Gasteiger partial charge on any atom is 0.399 e. The lowest BCUT2D eigenvalue weighted by atomic mass is 9.85. The molecule has 2 aromatic carbocycles. The molecule has 0 saturated carbocycles. The Hall–Kier alpha value is -2.89. The van der Waals surface area contributed by atoms with Crippen molar-refractivity contribution in [1.82, 2.24) is 15.1 Å². The van der Waals surface area contributed by atoms with Crippen LogP contribution in [0.4, 0.5) is 8.78 Å². The minimum Gasteiger partial charge on any atom is -0.340 e. The highest BCUT2D eigenvalue weighted by Crippen LogP contribution is 2.59. The monoisotopic (exact) mass is 655 g/mol. The Morgan fingerprint density at radius 3 is 2.40 bits per heavy atom. The topological polar surface area (TPSA) is 127 Å². The summed E-state index contributed by atoms with van der Waals surface area (Å²) in [7, 11) is -4.09. The Labute approximate surface area is 257 Å². The zero-order chi connectivity index (χ0) is 31.9. The summed E-state index contributed by atoms with van der Waals surface area (Å²) in [5.74, 6) is -1.23. The van der Waals surface area contributed by atoms with Gasteiger partial charge in [-0.3, -0.25) is 18.9 Å². The van der Waals surface area contributed by atoms with Crippen molar-refractivity contribution in [3.8, 4) is 0 Å². The first-order valence-electron chi connectivity index (χ1n) is 13.5. The summed E-state index contributed by atoms with van der Waals surface area (Å²) in [5, 5.41) is 3.57. The van der Waals surface area contributed by atoms with Crippen LogP contribution in [0.3, 0.4) is 0 Å². The van der Waals surface area contributed by atoms with Crippen LogP contribution in [0.5, 0.6) is 0 Å². The van der Waals surface area contributed by atoms with Gasteiger partial charge in [-0.05, 0) is 59.5 Å². The molecule has 1 aliphatic rings. The van der Waals surface area contributed by atoms with Crippen LogP contribution in [0.2, 0.25) is 5.02 Å². The van der Waals surface area contributed by atoms with E-state index in [-0.39, 0.29) is 16.2 Å². The Kier molecular flexibility index (Phi) is 9.40. The number of alkyl halides is 2. The molecule has 3 N–H and O–H groups in total. The number of amides is 3. The SMILES string of the molecule is CN(Cc1ccc(Cl)cc1)C(=O)[C@@H]1CCCN1C(=O)C(NC(=O)c1cc2cc(C(F)(F)P(=O)(O)O)ccc2s1)C(C)(C)C. The normalized spacial score (nSPS) is 16.8. The summed E-state index contributed by atoms with van der Waals surface area (Å²) in [4.78, 5) is 62.0. The smallest absolute Gasteiger partial charge is 0.340 e. The number of fused-ring (bicyclic) bond motifs is 1. The molecule has 2 heterocycles. The van der Waals surface area contributed by atoms with Gasteiger partial charge in [0.25, 0.3) is 5.91 Å². The highest BCUT2D eigenvalue weighted by molar-refractivity contribution is 7.52. The predicted molar refractivity (Wildman–Crippen MR) is 161 cm³/mol. The standard InChI is InChI=1S/C29H33ClF2N3O6PS/c1-28(2,3)24(27(38)35-13-5-6-21(35)26(37)34(4)16-17-7-10-20(30)11-8-17)33-25(36)23-15-18-14-19(9-12-22(18)43-23)29(31,32)42(39,40)41/h7-12,14-15,21,24H,5-6,13,16H2,1-4H3,(H,33,36)(H2,39,40,41)/t21-,24?/m0/s1. The Morgan fingerprint density at radius 2 is 1.79 bits per heavy atom. The van der Waals surface area contributed by atoms with E-state index in [0.717, 1.165) is 29.0 Å². The summed E-state index contributed by atoms with van der Waals surface area (Å²) in [5.41, 5.74) is -5.11. The van der Waals surface area contributed by atoms with Gasteiger partial charge < -0.3 is 24.9 Å². The van der Waals surface area contributed by atoms with Gasteiger partial charge in [-0.1, -0.05) is 50.6 Å². The van der Waals surface area contributed by atoms with Gasteiger partial charge in [0.15, 0.2) is 0 Å². The number of rotatable bonds is 8. The molecule has 43 heavy (non-hydrogen) atoms. The third-order valence-electron chi connectivity index (χ3n) is 7.37. The number of carbonyl (C=O) groups is 3. The summed E-state index contributed by atoms with van der Waals surface area (Å²) in [6.45, 7) is 6.05. The molecule has 4 rings (SSSR count). The van der Waals surface area contributed by atoms with Gasteiger partial charge in [0, 0.05) is 35.4 Å². The molecule has 0 bridgehead atoms. The summed E-state index contributed by atoms with van der Waals surface area (Å²) in [6.07, 6.45) is 1.11. The van der Waals surface area contributed by atoms with Gasteiger partial charge in [0.1, 0.15) is 12.1 Å². The molecule has 2 atom stereocenters. The van der Waals surface area contributed by atoms with Crippen molar-refractivity contribution in [1.29, 1.82) is 0 Å². The van der Waals surface area contributed by atoms with Gasteiger partial charge in [-0.2, -0.15) is 8.78 Å². The van der Waals surface area contributed by atoms with Crippen LogP contribution in [0.1, 0.15) is 54.4 Å². The van der Waals surface area contributed by atoms with Crippen molar-refractivity contribution < 1.29 is 37.5 Å². The average Bonchev–Trinajstić information content (AvgIpc) is 3.58. The molecule has 1 fully saturated rings. The zero-order valence-corrected chi connectivity index (χ0v) is 26.5. The lowest BCUT2D eigenvalue weighted by Gasteiger charge is -2.36. The number of hydrogen-bond donors (Lipinski definition) is 3. The third-order valence-corrected chi connectivity index (χ3v) is 9.73. The molecule has 9 nitrogen and oxygen atoms in total. The third kappa shape index (κ3) is 7.10. The highest BCUT2D eigenvalue weighted by Gasteiger charge is 2.50. The summed E-state index contributed by atoms with van der Waals surface area (Å²) in [6, 6.07) is 9.90. The number of nitrogens with one attached hydrogen (secondary N) is 1. The maximum atomic E-state index is 14.2. The number of halogens is 3. The molecule has 1 aromatic heterocycles. The number of nitrogens with zero attached hydrogens (tertiary/aromatic N) is 2. The van der Waals surface area contributed by atoms with E-state index in [1.807, 2.05) is 12.1 Å². The fourth-order valence-corrected chi connectivity index (χ4v) is 6.56. The Morgan fingerprint density at radius 1 is 1.14 bits per heavy atom. The first-order valence-corrected chi connectivity index (χ1v) is 16.3. The molecular formula is C29H33ClF2N3O6PS. The van der Waals surface area contributed by atoms with Crippen LogP contribution in [0.15, 0.2) is 48.5 Å². The van der Waals surface area contributed by atoms with E-state index in [2.05, 4.69) is 5.32 Å². The van der Waals surface area contributed by atoms with E-state index in [1.54, 1.807) is 44.9 Å². The molecule has 14 heteroatoms. The number of benzene rings is 2. The van der Waals surface area contributed by atoms with Crippen molar-refractivity contribution in [2.75, 3.05) is 13.6 Å². The number of hydrogen-bond acceptors (Lipinski definition) is 5. The summed E-state index contributed by atoms with van der Waals surface area (Å²) >= 11 is 6.96.